The third-order valence-corrected chi connectivity index (χ3v) is 2.62. The molecular formula is C13H19N3O3. The predicted octanol–water partition coefficient (Wildman–Crippen LogP) is 1.31. The molecule has 0 aliphatic heterocycles. The highest BCUT2D eigenvalue weighted by molar-refractivity contribution is 5.68. The zero-order valence-electron chi connectivity index (χ0n) is 10.8. The molecule has 0 unspecified atom stereocenters. The first-order valence-corrected chi connectivity index (χ1v) is 6.25. The van der Waals surface area contributed by atoms with Gasteiger partial charge in [0.1, 0.15) is 6.61 Å². The van der Waals surface area contributed by atoms with E-state index in [1.807, 2.05) is 12.1 Å². The quantitative estimate of drug-likeness (QED) is 0.252. The molecule has 0 aliphatic carbocycles. The number of unbranched alkanes of at least 4 members (excludes halogenated alkanes) is 2. The molecule has 0 fully saturated rings. The number of carbonyl (C=O) groups is 2. The summed E-state index contributed by atoms with van der Waals surface area (Å²) < 4.78 is 4.57. The molecule has 1 amide bonds. The van der Waals surface area contributed by atoms with Crippen molar-refractivity contribution in [2.45, 2.75) is 25.7 Å². The number of pyridine rings is 1. The van der Waals surface area contributed by atoms with Crippen molar-refractivity contribution in [2.75, 3.05) is 13.2 Å². The van der Waals surface area contributed by atoms with E-state index >= 15 is 0 Å². The zero-order chi connectivity index (χ0) is 13.9. The number of hydrazine groups is 1. The molecule has 0 radical (unpaired) electrons. The Labute approximate surface area is 112 Å². The molecule has 0 bridgehead atoms. The zero-order valence-corrected chi connectivity index (χ0v) is 10.8. The first-order valence-electron chi connectivity index (χ1n) is 6.25. The van der Waals surface area contributed by atoms with Crippen molar-refractivity contribution in [3.8, 4) is 0 Å². The standard InChI is InChI=1S/C13H19N3O3/c14-16(13(18)19-11-10-17)9-3-1-2-4-12-5-7-15-8-6-12/h5-8,10H,1-4,9,11,14H2. The highest BCUT2D eigenvalue weighted by Crippen LogP contribution is 2.05. The Bertz CT molecular complexity index is 384. The molecule has 2 N–H and O–H groups in total. The van der Waals surface area contributed by atoms with E-state index in [4.69, 9.17) is 5.84 Å². The van der Waals surface area contributed by atoms with Crippen LogP contribution >= 0.6 is 0 Å². The number of aryl methyl sites for hydroxylation is 1. The van der Waals surface area contributed by atoms with E-state index in [0.717, 1.165) is 30.7 Å². The SMILES string of the molecule is NN(CCCCCc1ccncc1)C(=O)OCC=O. The number of carbonyl (C=O) groups excluding carboxylic acids is 2. The van der Waals surface area contributed by atoms with Gasteiger partial charge in [0.2, 0.25) is 0 Å². The van der Waals surface area contributed by atoms with Crippen LogP contribution in [0, 0.1) is 0 Å². The van der Waals surface area contributed by atoms with Gasteiger partial charge in [-0.15, -0.1) is 0 Å². The molecule has 6 nitrogen and oxygen atoms in total. The average molecular weight is 265 g/mol. The normalized spacial score (nSPS) is 9.95. The predicted molar refractivity (Wildman–Crippen MR) is 70.1 cm³/mol. The van der Waals surface area contributed by atoms with Crippen LogP contribution in [0.4, 0.5) is 4.79 Å². The van der Waals surface area contributed by atoms with E-state index in [-0.39, 0.29) is 6.61 Å². The largest absolute Gasteiger partial charge is 0.441 e. The summed E-state index contributed by atoms with van der Waals surface area (Å²) in [5.74, 6) is 5.49. The van der Waals surface area contributed by atoms with Crippen LogP contribution in [-0.2, 0) is 16.0 Å². The Morgan fingerprint density at radius 3 is 2.74 bits per heavy atom. The van der Waals surface area contributed by atoms with E-state index in [9.17, 15) is 9.59 Å². The van der Waals surface area contributed by atoms with Crippen molar-refractivity contribution in [2.24, 2.45) is 5.84 Å². The minimum atomic E-state index is -0.666. The number of nitrogens with two attached hydrogens (primary N) is 1. The molecule has 1 heterocycles. The molecule has 1 aromatic rings. The molecule has 104 valence electrons. The summed E-state index contributed by atoms with van der Waals surface area (Å²) in [4.78, 5) is 25.2. The van der Waals surface area contributed by atoms with Gasteiger partial charge in [-0.05, 0) is 37.0 Å². The second kappa shape index (κ2) is 9.04. The van der Waals surface area contributed by atoms with Crippen molar-refractivity contribution in [3.05, 3.63) is 30.1 Å². The Balaban J connectivity index is 2.07. The van der Waals surface area contributed by atoms with Crippen molar-refractivity contribution in [3.63, 3.8) is 0 Å². The Morgan fingerprint density at radius 1 is 1.32 bits per heavy atom. The fourth-order valence-corrected chi connectivity index (χ4v) is 1.62. The lowest BCUT2D eigenvalue weighted by atomic mass is 10.1. The third kappa shape index (κ3) is 6.52. The molecule has 1 rings (SSSR count). The molecule has 0 saturated carbocycles. The van der Waals surface area contributed by atoms with E-state index in [2.05, 4.69) is 9.72 Å². The second-order valence-electron chi connectivity index (χ2n) is 4.10. The Hall–Kier alpha value is -1.95. The number of hydrogen-bond acceptors (Lipinski definition) is 5. The summed E-state index contributed by atoms with van der Waals surface area (Å²) in [6, 6.07) is 3.98. The van der Waals surface area contributed by atoms with Crippen LogP contribution in [0.5, 0.6) is 0 Å². The van der Waals surface area contributed by atoms with E-state index in [1.54, 1.807) is 12.4 Å². The summed E-state index contributed by atoms with van der Waals surface area (Å²) in [6.45, 7) is 0.169. The van der Waals surface area contributed by atoms with Gasteiger partial charge in [0, 0.05) is 18.9 Å². The maximum Gasteiger partial charge on any atom is 0.424 e. The first-order chi connectivity index (χ1) is 9.24. The Kier molecular flexibility index (Phi) is 7.19. The average Bonchev–Trinajstić information content (AvgIpc) is 2.45. The molecule has 19 heavy (non-hydrogen) atoms. The summed E-state index contributed by atoms with van der Waals surface area (Å²) >= 11 is 0. The van der Waals surface area contributed by atoms with Crippen LogP contribution in [-0.4, -0.2) is 35.5 Å². The maximum absolute atomic E-state index is 11.2. The summed E-state index contributed by atoms with van der Waals surface area (Å²) in [7, 11) is 0. The van der Waals surface area contributed by atoms with Gasteiger partial charge in [-0.2, -0.15) is 0 Å². The van der Waals surface area contributed by atoms with Gasteiger partial charge in [-0.3, -0.25) is 9.78 Å². The lowest BCUT2D eigenvalue weighted by Crippen LogP contribution is -2.38. The molecule has 6 heteroatoms. The van der Waals surface area contributed by atoms with Gasteiger partial charge in [-0.1, -0.05) is 6.42 Å². The number of aromatic nitrogens is 1. The van der Waals surface area contributed by atoms with Crippen molar-refractivity contribution >= 4 is 12.4 Å². The fourth-order valence-electron chi connectivity index (χ4n) is 1.62. The third-order valence-electron chi connectivity index (χ3n) is 2.62. The first kappa shape index (κ1) is 15.1. The lowest BCUT2D eigenvalue weighted by Gasteiger charge is -2.15. The highest BCUT2D eigenvalue weighted by atomic mass is 16.6. The second-order valence-corrected chi connectivity index (χ2v) is 4.10. The number of rotatable bonds is 8. The fraction of sp³-hybridized carbons (Fsp3) is 0.462. The van der Waals surface area contributed by atoms with Crippen LogP contribution < -0.4 is 5.84 Å². The van der Waals surface area contributed by atoms with Crippen molar-refractivity contribution in [1.82, 2.24) is 9.99 Å². The monoisotopic (exact) mass is 265 g/mol. The van der Waals surface area contributed by atoms with Gasteiger partial charge in [0.05, 0.1) is 0 Å². The van der Waals surface area contributed by atoms with Crippen molar-refractivity contribution in [1.29, 1.82) is 0 Å². The minimum absolute atomic E-state index is 0.255. The summed E-state index contributed by atoms with van der Waals surface area (Å²) in [5.41, 5.74) is 1.25. The van der Waals surface area contributed by atoms with Gasteiger partial charge < -0.3 is 4.74 Å². The summed E-state index contributed by atoms with van der Waals surface area (Å²) in [5, 5.41) is 0.996. The van der Waals surface area contributed by atoms with E-state index < -0.39 is 6.09 Å². The molecule has 0 aromatic carbocycles. The van der Waals surface area contributed by atoms with Crippen LogP contribution in [0.1, 0.15) is 24.8 Å². The van der Waals surface area contributed by atoms with Gasteiger partial charge in [-0.25, -0.2) is 15.6 Å². The number of nitrogens with zero attached hydrogens (tertiary/aromatic N) is 2. The highest BCUT2D eigenvalue weighted by Gasteiger charge is 2.09. The lowest BCUT2D eigenvalue weighted by molar-refractivity contribution is -0.110. The smallest absolute Gasteiger partial charge is 0.424 e. The van der Waals surface area contributed by atoms with E-state index in [1.165, 1.54) is 5.56 Å². The topological polar surface area (TPSA) is 85.5 Å². The number of ether oxygens (including phenoxy) is 1. The molecule has 1 aromatic heterocycles. The molecular weight excluding hydrogens is 246 g/mol. The van der Waals surface area contributed by atoms with Crippen LogP contribution in [0.25, 0.3) is 0 Å². The maximum atomic E-state index is 11.2. The number of amides is 1. The number of aldehydes is 1. The molecule has 0 aliphatic rings. The van der Waals surface area contributed by atoms with Crippen LogP contribution in [0.3, 0.4) is 0 Å². The van der Waals surface area contributed by atoms with Crippen LogP contribution in [0.2, 0.25) is 0 Å². The summed E-state index contributed by atoms with van der Waals surface area (Å²) in [6.07, 6.45) is 7.19. The molecule has 0 saturated heterocycles. The van der Waals surface area contributed by atoms with E-state index in [0.29, 0.717) is 12.8 Å². The number of hydrogen-bond donors (Lipinski definition) is 1. The minimum Gasteiger partial charge on any atom is -0.441 e. The van der Waals surface area contributed by atoms with Crippen molar-refractivity contribution < 1.29 is 14.3 Å². The Morgan fingerprint density at radius 2 is 2.05 bits per heavy atom. The van der Waals surface area contributed by atoms with Gasteiger partial charge in [0.15, 0.2) is 6.29 Å². The van der Waals surface area contributed by atoms with Gasteiger partial charge in [0.25, 0.3) is 0 Å². The van der Waals surface area contributed by atoms with Gasteiger partial charge >= 0.3 is 6.09 Å². The molecule has 0 atom stereocenters. The van der Waals surface area contributed by atoms with Crippen LogP contribution in [0.15, 0.2) is 24.5 Å². The molecule has 0 spiro atoms.